The van der Waals surface area contributed by atoms with Gasteiger partial charge in [-0.25, -0.2) is 4.98 Å². The van der Waals surface area contributed by atoms with Crippen LogP contribution in [0.25, 0.3) is 11.4 Å². The minimum absolute atomic E-state index is 0. The molecule has 0 saturated heterocycles. The van der Waals surface area contributed by atoms with Crippen molar-refractivity contribution in [2.24, 2.45) is 7.05 Å². The average molecular weight is 289 g/mol. The van der Waals surface area contributed by atoms with Gasteiger partial charge in [0.25, 0.3) is 0 Å². The molecular weight excluding hydrogens is 275 g/mol. The number of hydrogen-bond donors (Lipinski definition) is 0. The zero-order valence-electron chi connectivity index (χ0n) is 9.81. The molecule has 0 spiro atoms. The zero-order chi connectivity index (χ0) is 10.8. The van der Waals surface area contributed by atoms with Crippen LogP contribution in [0, 0.1) is 6.07 Å². The molecule has 0 bridgehead atoms. The fourth-order valence-electron chi connectivity index (χ4n) is 1.37. The second-order valence-corrected chi connectivity index (χ2v) is 3.97. The first-order valence-corrected chi connectivity index (χ1v) is 5.03. The number of nitrogens with zero attached hydrogens (tertiary/aromatic N) is 3. The number of aryl methyl sites for hydroxylation is 1. The molecule has 2 aromatic heterocycles. The Morgan fingerprint density at radius 2 is 2.00 bits per heavy atom. The molecule has 0 N–H and O–H groups in total. The van der Waals surface area contributed by atoms with Crippen molar-refractivity contribution in [1.29, 1.82) is 0 Å². The summed E-state index contributed by atoms with van der Waals surface area (Å²) in [4.78, 5) is 8.62. The Morgan fingerprint density at radius 3 is 2.44 bits per heavy atom. The molecule has 1 radical (unpaired) electrons. The third-order valence-electron chi connectivity index (χ3n) is 2.31. The number of aromatic nitrogens is 3. The van der Waals surface area contributed by atoms with E-state index in [0.29, 0.717) is 5.92 Å². The first-order valence-electron chi connectivity index (χ1n) is 5.03. The van der Waals surface area contributed by atoms with Crippen LogP contribution in [0.3, 0.4) is 0 Å². The summed E-state index contributed by atoms with van der Waals surface area (Å²) in [6.07, 6.45) is 5.59. The summed E-state index contributed by atoms with van der Waals surface area (Å²) >= 11 is 0. The number of hydrogen-bond acceptors (Lipinski definition) is 2. The van der Waals surface area contributed by atoms with Gasteiger partial charge >= 0.3 is 0 Å². The van der Waals surface area contributed by atoms with Crippen molar-refractivity contribution in [3.8, 4) is 11.4 Å². The van der Waals surface area contributed by atoms with Gasteiger partial charge in [-0.2, -0.15) is 6.07 Å². The topological polar surface area (TPSA) is 30.7 Å². The van der Waals surface area contributed by atoms with Crippen LogP contribution in [0.4, 0.5) is 0 Å². The van der Waals surface area contributed by atoms with Gasteiger partial charge in [-0.15, -0.1) is 11.6 Å². The maximum atomic E-state index is 4.38. The van der Waals surface area contributed by atoms with Crippen molar-refractivity contribution in [2.45, 2.75) is 19.8 Å². The van der Waals surface area contributed by atoms with Crippen molar-refractivity contribution in [3.63, 3.8) is 0 Å². The van der Waals surface area contributed by atoms with Gasteiger partial charge in [-0.05, 0) is 11.6 Å². The summed E-state index contributed by atoms with van der Waals surface area (Å²) in [5.41, 5.74) is 2.90. The van der Waals surface area contributed by atoms with E-state index < -0.39 is 0 Å². The molecule has 0 fully saturated rings. The third-order valence-corrected chi connectivity index (χ3v) is 2.31. The molecule has 0 aromatic carbocycles. The smallest absolute Gasteiger partial charge is 0.0938 e. The monoisotopic (exact) mass is 289 g/mol. The quantitative estimate of drug-likeness (QED) is 0.795. The Labute approximate surface area is 121 Å². The van der Waals surface area contributed by atoms with Gasteiger partial charge in [-0.3, -0.25) is 0 Å². The fraction of sp³-hybridized carbons (Fsp3) is 0.333. The maximum absolute atomic E-state index is 4.38. The van der Waals surface area contributed by atoms with E-state index in [9.17, 15) is 0 Å². The van der Waals surface area contributed by atoms with E-state index in [1.54, 1.807) is 6.33 Å². The van der Waals surface area contributed by atoms with E-state index in [2.05, 4.69) is 29.9 Å². The SMILES string of the molecule is CC(C)c1[c-]cc(-c2cn(C)cn2)nc1.[Y]. The predicted octanol–water partition coefficient (Wildman–Crippen LogP) is 2.40. The molecule has 2 aromatic rings. The maximum Gasteiger partial charge on any atom is 0.0938 e. The van der Waals surface area contributed by atoms with Crippen molar-refractivity contribution in [2.75, 3.05) is 0 Å². The molecule has 0 unspecified atom stereocenters. The van der Waals surface area contributed by atoms with Gasteiger partial charge in [0.15, 0.2) is 0 Å². The van der Waals surface area contributed by atoms with Crippen molar-refractivity contribution in [3.05, 3.63) is 36.4 Å². The van der Waals surface area contributed by atoms with Crippen molar-refractivity contribution in [1.82, 2.24) is 14.5 Å². The molecule has 2 rings (SSSR count). The molecule has 0 aliphatic carbocycles. The summed E-state index contributed by atoms with van der Waals surface area (Å²) in [7, 11) is 1.95. The molecule has 81 valence electrons. The number of imidazole rings is 1. The first-order chi connectivity index (χ1) is 7.16. The summed E-state index contributed by atoms with van der Waals surface area (Å²) in [6, 6.07) is 5.13. The summed E-state index contributed by atoms with van der Waals surface area (Å²) in [5, 5.41) is 0. The molecule has 0 aliphatic rings. The molecule has 16 heavy (non-hydrogen) atoms. The van der Waals surface area contributed by atoms with Gasteiger partial charge in [0.2, 0.25) is 0 Å². The number of rotatable bonds is 2. The van der Waals surface area contributed by atoms with Crippen molar-refractivity contribution < 1.29 is 32.7 Å². The second kappa shape index (κ2) is 5.69. The van der Waals surface area contributed by atoms with Crippen molar-refractivity contribution >= 4 is 0 Å². The first kappa shape index (κ1) is 13.5. The van der Waals surface area contributed by atoms with E-state index in [0.717, 1.165) is 17.0 Å². The van der Waals surface area contributed by atoms with Gasteiger partial charge in [0.05, 0.1) is 12.0 Å². The van der Waals surface area contributed by atoms with Crippen LogP contribution in [0.1, 0.15) is 25.3 Å². The normalized spacial score (nSPS) is 10.2. The summed E-state index contributed by atoms with van der Waals surface area (Å²) in [5.74, 6) is 0.468. The Bertz CT molecular complexity index is 446. The van der Waals surface area contributed by atoms with Crippen LogP contribution in [0.2, 0.25) is 0 Å². The minimum atomic E-state index is 0. The van der Waals surface area contributed by atoms with E-state index in [1.807, 2.05) is 30.1 Å². The molecule has 0 aliphatic heterocycles. The largest absolute Gasteiger partial charge is 0.381 e. The van der Waals surface area contributed by atoms with Gasteiger partial charge in [-0.1, -0.05) is 20.0 Å². The Kier molecular flexibility index (Phi) is 4.81. The molecule has 0 amide bonds. The number of pyridine rings is 1. The molecule has 3 nitrogen and oxygen atoms in total. The van der Waals surface area contributed by atoms with Gasteiger partial charge in [0, 0.05) is 46.0 Å². The molecule has 0 atom stereocenters. The fourth-order valence-corrected chi connectivity index (χ4v) is 1.37. The van der Waals surface area contributed by atoms with Crippen LogP contribution in [0.15, 0.2) is 24.8 Å². The average Bonchev–Trinajstić information content (AvgIpc) is 2.65. The van der Waals surface area contributed by atoms with Gasteiger partial charge < -0.3 is 9.55 Å². The Balaban J connectivity index is 0.00000128. The Hall–Kier alpha value is -0.536. The summed E-state index contributed by atoms with van der Waals surface area (Å²) in [6.45, 7) is 4.27. The van der Waals surface area contributed by atoms with Crippen LogP contribution >= 0.6 is 0 Å². The van der Waals surface area contributed by atoms with E-state index in [-0.39, 0.29) is 32.7 Å². The zero-order valence-corrected chi connectivity index (χ0v) is 12.6. The molecule has 0 saturated carbocycles. The van der Waals surface area contributed by atoms with Crippen LogP contribution in [-0.2, 0) is 39.8 Å². The standard InChI is InChI=1S/C12H14N3.Y/c1-9(2)10-4-5-11(13-6-10)12-7-15(3)8-14-12;/h5-9H,1-3H3;/q-1;. The molecular formula is C12H14N3Y-. The predicted molar refractivity (Wildman–Crippen MR) is 59.4 cm³/mol. The second-order valence-electron chi connectivity index (χ2n) is 3.97. The van der Waals surface area contributed by atoms with E-state index in [4.69, 9.17) is 0 Å². The van der Waals surface area contributed by atoms with E-state index >= 15 is 0 Å². The Morgan fingerprint density at radius 1 is 1.25 bits per heavy atom. The summed E-state index contributed by atoms with van der Waals surface area (Å²) < 4.78 is 1.91. The van der Waals surface area contributed by atoms with Crippen LogP contribution in [-0.4, -0.2) is 14.5 Å². The minimum Gasteiger partial charge on any atom is -0.381 e. The third kappa shape index (κ3) is 2.99. The van der Waals surface area contributed by atoms with Crippen LogP contribution < -0.4 is 0 Å². The molecule has 4 heteroatoms. The van der Waals surface area contributed by atoms with Gasteiger partial charge in [0.1, 0.15) is 0 Å². The molecule has 2 heterocycles. The van der Waals surface area contributed by atoms with Crippen LogP contribution in [0.5, 0.6) is 0 Å². The van der Waals surface area contributed by atoms with E-state index in [1.165, 1.54) is 0 Å².